The lowest BCUT2D eigenvalue weighted by atomic mass is 10.2. The van der Waals surface area contributed by atoms with Gasteiger partial charge in [-0.1, -0.05) is 6.07 Å². The van der Waals surface area contributed by atoms with E-state index in [1.807, 2.05) is 25.1 Å². The first-order valence-corrected chi connectivity index (χ1v) is 5.98. The Morgan fingerprint density at radius 1 is 1.56 bits per heavy atom. The van der Waals surface area contributed by atoms with E-state index in [0.29, 0.717) is 24.6 Å². The summed E-state index contributed by atoms with van der Waals surface area (Å²) in [5.41, 5.74) is 1.75. The molecule has 1 heterocycles. The minimum absolute atomic E-state index is 0.149. The van der Waals surface area contributed by atoms with Gasteiger partial charge >= 0.3 is 0 Å². The van der Waals surface area contributed by atoms with Gasteiger partial charge in [0.05, 0.1) is 19.4 Å². The fourth-order valence-corrected chi connectivity index (χ4v) is 1.85. The summed E-state index contributed by atoms with van der Waals surface area (Å²) < 4.78 is 10.6. The second-order valence-corrected chi connectivity index (χ2v) is 4.26. The number of ether oxygens (including phenoxy) is 2. The highest BCUT2D eigenvalue weighted by Crippen LogP contribution is 2.25. The summed E-state index contributed by atoms with van der Waals surface area (Å²) in [5, 5.41) is 5.95. The molecule has 5 heteroatoms. The molecule has 2 N–H and O–H groups in total. The zero-order valence-electron chi connectivity index (χ0n) is 10.7. The van der Waals surface area contributed by atoms with Gasteiger partial charge in [0.25, 0.3) is 5.91 Å². The topological polar surface area (TPSA) is 59.6 Å². The molecule has 18 heavy (non-hydrogen) atoms. The van der Waals surface area contributed by atoms with Gasteiger partial charge in [-0.15, -0.1) is 0 Å². The summed E-state index contributed by atoms with van der Waals surface area (Å²) in [6.45, 7) is 3.86. The highest BCUT2D eigenvalue weighted by molar-refractivity contribution is 5.95. The Balaban J connectivity index is 2.06. The van der Waals surface area contributed by atoms with E-state index in [1.165, 1.54) is 0 Å². The third kappa shape index (κ3) is 3.00. The molecule has 1 aromatic rings. The van der Waals surface area contributed by atoms with Crippen molar-refractivity contribution in [1.29, 1.82) is 0 Å². The zero-order chi connectivity index (χ0) is 13.0. The summed E-state index contributed by atoms with van der Waals surface area (Å²) in [5.74, 6) is 0.511. The Morgan fingerprint density at radius 2 is 2.39 bits per heavy atom. The molecule has 0 radical (unpaired) electrons. The molecule has 1 amide bonds. The molecule has 98 valence electrons. The number of rotatable bonds is 3. The molecule has 0 saturated carbocycles. The smallest absolute Gasteiger partial charge is 0.254 e. The molecular weight excluding hydrogens is 232 g/mol. The molecule has 1 aliphatic rings. The minimum Gasteiger partial charge on any atom is -0.495 e. The van der Waals surface area contributed by atoms with Crippen LogP contribution in [-0.4, -0.2) is 38.8 Å². The van der Waals surface area contributed by atoms with Crippen LogP contribution in [0.2, 0.25) is 0 Å². The molecule has 5 nitrogen and oxygen atoms in total. The van der Waals surface area contributed by atoms with Crippen molar-refractivity contribution in [2.75, 3.05) is 32.1 Å². The van der Waals surface area contributed by atoms with Gasteiger partial charge in [-0.2, -0.15) is 0 Å². The molecule has 0 spiro atoms. The summed E-state index contributed by atoms with van der Waals surface area (Å²) in [4.78, 5) is 12.0. The van der Waals surface area contributed by atoms with Crippen molar-refractivity contribution in [3.63, 3.8) is 0 Å². The van der Waals surface area contributed by atoms with Crippen LogP contribution >= 0.6 is 0 Å². The van der Waals surface area contributed by atoms with E-state index in [-0.39, 0.29) is 5.91 Å². The molecule has 1 fully saturated rings. The predicted molar refractivity (Wildman–Crippen MR) is 69.0 cm³/mol. The number of hydrogen-bond acceptors (Lipinski definition) is 4. The van der Waals surface area contributed by atoms with Gasteiger partial charge in [-0.25, -0.2) is 0 Å². The average molecular weight is 250 g/mol. The van der Waals surface area contributed by atoms with E-state index in [2.05, 4.69) is 10.6 Å². The Hall–Kier alpha value is -1.59. The zero-order valence-corrected chi connectivity index (χ0v) is 10.7. The van der Waals surface area contributed by atoms with E-state index in [0.717, 1.165) is 12.1 Å². The van der Waals surface area contributed by atoms with E-state index < -0.39 is 6.10 Å². The third-order valence-corrected chi connectivity index (χ3v) is 2.83. The van der Waals surface area contributed by atoms with E-state index in [9.17, 15) is 4.79 Å². The van der Waals surface area contributed by atoms with Crippen LogP contribution < -0.4 is 15.4 Å². The Morgan fingerprint density at radius 3 is 3.06 bits per heavy atom. The molecule has 2 rings (SSSR count). The van der Waals surface area contributed by atoms with Crippen molar-refractivity contribution in [3.8, 4) is 5.75 Å². The van der Waals surface area contributed by atoms with Crippen molar-refractivity contribution in [2.45, 2.75) is 13.0 Å². The Bertz CT molecular complexity index is 428. The van der Waals surface area contributed by atoms with Crippen LogP contribution in [0.5, 0.6) is 5.75 Å². The molecule has 1 aromatic carbocycles. The van der Waals surface area contributed by atoms with Gasteiger partial charge in [-0.3, -0.25) is 4.79 Å². The van der Waals surface area contributed by atoms with Gasteiger partial charge in [0.2, 0.25) is 0 Å². The van der Waals surface area contributed by atoms with Crippen LogP contribution in [0, 0.1) is 6.92 Å². The molecule has 0 aromatic heterocycles. The third-order valence-electron chi connectivity index (χ3n) is 2.83. The number of aryl methyl sites for hydroxylation is 1. The van der Waals surface area contributed by atoms with Gasteiger partial charge in [0.15, 0.2) is 0 Å². The molecule has 1 saturated heterocycles. The largest absolute Gasteiger partial charge is 0.495 e. The molecule has 0 bridgehead atoms. The summed E-state index contributed by atoms with van der Waals surface area (Å²) >= 11 is 0. The number of carbonyl (C=O) groups is 1. The van der Waals surface area contributed by atoms with E-state index in [1.54, 1.807) is 7.11 Å². The second kappa shape index (κ2) is 5.84. The summed E-state index contributed by atoms with van der Waals surface area (Å²) in [6.07, 6.45) is -0.440. The molecular formula is C13H18N2O3. The fraction of sp³-hybridized carbons (Fsp3) is 0.462. The maximum absolute atomic E-state index is 12.0. The lowest BCUT2D eigenvalue weighted by Gasteiger charge is -2.23. The van der Waals surface area contributed by atoms with Crippen molar-refractivity contribution in [3.05, 3.63) is 23.8 Å². The van der Waals surface area contributed by atoms with Gasteiger partial charge in [0.1, 0.15) is 11.9 Å². The Kier molecular flexibility index (Phi) is 4.17. The molecule has 0 aliphatic carbocycles. The first-order valence-electron chi connectivity index (χ1n) is 5.98. The first-order chi connectivity index (χ1) is 8.70. The van der Waals surface area contributed by atoms with Crippen LogP contribution in [-0.2, 0) is 9.53 Å². The number of benzene rings is 1. The highest BCUT2D eigenvalue weighted by Gasteiger charge is 2.22. The minimum atomic E-state index is -0.440. The first kappa shape index (κ1) is 12.9. The quantitative estimate of drug-likeness (QED) is 0.838. The van der Waals surface area contributed by atoms with Gasteiger partial charge in [0, 0.05) is 13.1 Å². The number of morpholine rings is 1. The number of carbonyl (C=O) groups excluding carboxylic acids is 1. The lowest BCUT2D eigenvalue weighted by Crippen LogP contribution is -2.45. The van der Waals surface area contributed by atoms with Crippen LogP contribution in [0.4, 0.5) is 5.69 Å². The van der Waals surface area contributed by atoms with Crippen molar-refractivity contribution in [1.82, 2.24) is 5.32 Å². The van der Waals surface area contributed by atoms with Crippen molar-refractivity contribution in [2.24, 2.45) is 0 Å². The molecule has 1 atom stereocenters. The number of amides is 1. The normalized spacial score (nSPS) is 19.3. The monoisotopic (exact) mass is 250 g/mol. The number of nitrogens with one attached hydrogen (secondary N) is 2. The van der Waals surface area contributed by atoms with E-state index in [4.69, 9.17) is 9.47 Å². The van der Waals surface area contributed by atoms with Crippen LogP contribution in [0.1, 0.15) is 5.56 Å². The maximum atomic E-state index is 12.0. The fourth-order valence-electron chi connectivity index (χ4n) is 1.85. The van der Waals surface area contributed by atoms with Crippen LogP contribution in [0.3, 0.4) is 0 Å². The predicted octanol–water partition coefficient (Wildman–Crippen LogP) is 0.931. The highest BCUT2D eigenvalue weighted by atomic mass is 16.5. The number of methoxy groups -OCH3 is 1. The average Bonchev–Trinajstić information content (AvgIpc) is 2.41. The van der Waals surface area contributed by atoms with Crippen molar-refractivity contribution >= 4 is 11.6 Å². The number of hydrogen-bond donors (Lipinski definition) is 2. The number of anilines is 1. The molecule has 1 unspecified atom stereocenters. The van der Waals surface area contributed by atoms with Crippen molar-refractivity contribution < 1.29 is 14.3 Å². The summed E-state index contributed by atoms with van der Waals surface area (Å²) in [7, 11) is 1.59. The van der Waals surface area contributed by atoms with Gasteiger partial charge in [-0.05, 0) is 24.6 Å². The SMILES string of the molecule is COc1cc(C)ccc1NC(=O)C1CNCCO1. The lowest BCUT2D eigenvalue weighted by molar-refractivity contribution is -0.128. The maximum Gasteiger partial charge on any atom is 0.254 e. The van der Waals surface area contributed by atoms with Crippen LogP contribution in [0.25, 0.3) is 0 Å². The Labute approximate surface area is 106 Å². The van der Waals surface area contributed by atoms with E-state index >= 15 is 0 Å². The van der Waals surface area contributed by atoms with Crippen LogP contribution in [0.15, 0.2) is 18.2 Å². The van der Waals surface area contributed by atoms with Gasteiger partial charge < -0.3 is 20.1 Å². The standard InChI is InChI=1S/C13H18N2O3/c1-9-3-4-10(11(7-9)17-2)15-13(16)12-8-14-5-6-18-12/h3-4,7,12,14H,5-6,8H2,1-2H3,(H,15,16). The second-order valence-electron chi connectivity index (χ2n) is 4.26. The molecule has 1 aliphatic heterocycles. The summed E-state index contributed by atoms with van der Waals surface area (Å²) in [6, 6.07) is 5.65.